The second-order valence-corrected chi connectivity index (χ2v) is 5.99. The normalized spacial score (nSPS) is 11.5. The van der Waals surface area contributed by atoms with Gasteiger partial charge in [-0.2, -0.15) is 0 Å². The average Bonchev–Trinajstić information content (AvgIpc) is 2.83. The van der Waals surface area contributed by atoms with Crippen molar-refractivity contribution in [3.8, 4) is 17.1 Å². The average molecular weight is 321 g/mol. The lowest BCUT2D eigenvalue weighted by Crippen LogP contribution is -2.03. The number of fused-ring (bicyclic) bond motifs is 1. The van der Waals surface area contributed by atoms with E-state index in [2.05, 4.69) is 23.4 Å². The summed E-state index contributed by atoms with van der Waals surface area (Å²) in [6.45, 7) is 4.16. The second-order valence-electron chi connectivity index (χ2n) is 5.17. The highest BCUT2D eigenvalue weighted by atomic mass is 35.5. The third kappa shape index (κ3) is 2.37. The third-order valence-corrected chi connectivity index (χ3v) is 3.99. The summed E-state index contributed by atoms with van der Waals surface area (Å²) in [6, 6.07) is 11.0. The molecule has 0 spiro atoms. The quantitative estimate of drug-likeness (QED) is 0.696. The molecule has 1 heterocycles. The van der Waals surface area contributed by atoms with E-state index in [0.717, 1.165) is 22.4 Å². The Morgan fingerprint density at radius 3 is 2.52 bits per heavy atom. The highest BCUT2D eigenvalue weighted by Gasteiger charge is 2.17. The maximum absolute atomic E-state index is 9.57. The Morgan fingerprint density at radius 2 is 1.86 bits per heavy atom. The lowest BCUT2D eigenvalue weighted by atomic mass is 10.2. The number of aromatic nitrogens is 2. The van der Waals surface area contributed by atoms with E-state index in [1.54, 1.807) is 18.2 Å². The van der Waals surface area contributed by atoms with Crippen molar-refractivity contribution in [3.63, 3.8) is 0 Å². The van der Waals surface area contributed by atoms with Crippen LogP contribution in [0.2, 0.25) is 10.0 Å². The van der Waals surface area contributed by atoms with Gasteiger partial charge in [-0.25, -0.2) is 4.98 Å². The Kier molecular flexibility index (Phi) is 3.56. The van der Waals surface area contributed by atoms with Gasteiger partial charge in [-0.15, -0.1) is 0 Å². The summed E-state index contributed by atoms with van der Waals surface area (Å²) in [5.41, 5.74) is 2.60. The molecule has 3 rings (SSSR count). The molecule has 5 heteroatoms. The Bertz CT molecular complexity index is 825. The molecule has 0 aliphatic rings. The number of hydrogen-bond acceptors (Lipinski definition) is 2. The minimum absolute atomic E-state index is 0.0608. The molecule has 3 aromatic rings. The Hall–Kier alpha value is -1.71. The number of benzene rings is 2. The maximum Gasteiger partial charge on any atom is 0.141 e. The lowest BCUT2D eigenvalue weighted by Gasteiger charge is -2.14. The van der Waals surface area contributed by atoms with Crippen molar-refractivity contribution in [2.24, 2.45) is 0 Å². The van der Waals surface area contributed by atoms with Crippen LogP contribution in [-0.2, 0) is 0 Å². The minimum atomic E-state index is 0.0608. The summed E-state index contributed by atoms with van der Waals surface area (Å²) < 4.78 is 2.08. The van der Waals surface area contributed by atoms with Crippen molar-refractivity contribution in [3.05, 3.63) is 46.4 Å². The van der Waals surface area contributed by atoms with Gasteiger partial charge in [-0.05, 0) is 44.2 Å². The van der Waals surface area contributed by atoms with Gasteiger partial charge in [0.15, 0.2) is 0 Å². The van der Waals surface area contributed by atoms with Gasteiger partial charge in [0, 0.05) is 11.6 Å². The molecule has 0 fully saturated rings. The molecule has 1 aromatic heterocycles. The molecule has 2 aromatic carbocycles. The number of hydrogen-bond donors (Lipinski definition) is 1. The summed E-state index contributed by atoms with van der Waals surface area (Å²) in [5, 5.41) is 10.6. The topological polar surface area (TPSA) is 38.0 Å². The van der Waals surface area contributed by atoms with E-state index in [4.69, 9.17) is 23.2 Å². The van der Waals surface area contributed by atoms with E-state index in [1.165, 1.54) is 0 Å². The molecule has 0 bridgehead atoms. The molecule has 1 N–H and O–H groups in total. The van der Waals surface area contributed by atoms with Crippen molar-refractivity contribution in [1.29, 1.82) is 0 Å². The lowest BCUT2D eigenvalue weighted by molar-refractivity contribution is 0.475. The van der Waals surface area contributed by atoms with E-state index in [0.29, 0.717) is 10.0 Å². The van der Waals surface area contributed by atoms with E-state index in [1.807, 2.05) is 18.2 Å². The number of nitrogens with zero attached hydrogens (tertiary/aromatic N) is 2. The number of halogens is 2. The number of phenols is 1. The van der Waals surface area contributed by atoms with E-state index < -0.39 is 0 Å². The molecule has 0 aliphatic heterocycles. The molecule has 21 heavy (non-hydrogen) atoms. The first-order valence-electron chi connectivity index (χ1n) is 6.64. The monoisotopic (exact) mass is 320 g/mol. The molecule has 3 nitrogen and oxygen atoms in total. The fourth-order valence-corrected chi connectivity index (χ4v) is 2.90. The van der Waals surface area contributed by atoms with Crippen molar-refractivity contribution in [2.45, 2.75) is 19.9 Å². The Morgan fingerprint density at radius 1 is 1.10 bits per heavy atom. The molecule has 0 aliphatic carbocycles. The molecule has 0 unspecified atom stereocenters. The number of para-hydroxylation sites is 1. The number of rotatable bonds is 2. The van der Waals surface area contributed by atoms with Gasteiger partial charge in [-0.1, -0.05) is 29.3 Å². The molecule has 0 atom stereocenters. The predicted molar refractivity (Wildman–Crippen MR) is 87.2 cm³/mol. The number of phenolic OH excluding ortho intramolecular Hbond substituents is 1. The molecular weight excluding hydrogens is 307 g/mol. The fourth-order valence-electron chi connectivity index (χ4n) is 2.46. The van der Waals surface area contributed by atoms with Crippen LogP contribution in [0.15, 0.2) is 36.4 Å². The summed E-state index contributed by atoms with van der Waals surface area (Å²) in [5.74, 6) is 0.848. The van der Waals surface area contributed by atoms with Crippen LogP contribution in [-0.4, -0.2) is 14.7 Å². The zero-order valence-electron chi connectivity index (χ0n) is 11.6. The SMILES string of the molecule is CC(C)n1c(-c2ccc(O)c(Cl)c2)nc2cccc(Cl)c21. The van der Waals surface area contributed by atoms with Gasteiger partial charge in [0.05, 0.1) is 21.1 Å². The molecule has 108 valence electrons. The van der Waals surface area contributed by atoms with Crippen LogP contribution in [0.3, 0.4) is 0 Å². The van der Waals surface area contributed by atoms with Gasteiger partial charge in [0.25, 0.3) is 0 Å². The van der Waals surface area contributed by atoms with E-state index >= 15 is 0 Å². The maximum atomic E-state index is 9.57. The number of imidazole rings is 1. The summed E-state index contributed by atoms with van der Waals surface area (Å²) in [6.07, 6.45) is 0. The molecule has 0 saturated carbocycles. The first-order valence-corrected chi connectivity index (χ1v) is 7.40. The summed E-state index contributed by atoms with van der Waals surface area (Å²) in [7, 11) is 0. The van der Waals surface area contributed by atoms with E-state index in [-0.39, 0.29) is 11.8 Å². The highest BCUT2D eigenvalue weighted by Crippen LogP contribution is 2.34. The van der Waals surface area contributed by atoms with Crippen LogP contribution in [0.25, 0.3) is 22.4 Å². The molecule has 0 radical (unpaired) electrons. The van der Waals surface area contributed by atoms with Crippen LogP contribution in [0, 0.1) is 0 Å². The standard InChI is InChI=1S/C16H14Cl2N2O/c1-9(2)20-15-11(17)4-3-5-13(15)19-16(20)10-6-7-14(21)12(18)8-10/h3-9,21H,1-2H3. The minimum Gasteiger partial charge on any atom is -0.506 e. The van der Waals surface area contributed by atoms with Crippen molar-refractivity contribution in [1.82, 2.24) is 9.55 Å². The zero-order chi connectivity index (χ0) is 15.1. The Labute approximate surface area is 132 Å². The van der Waals surface area contributed by atoms with Crippen LogP contribution in [0.1, 0.15) is 19.9 Å². The summed E-state index contributed by atoms with van der Waals surface area (Å²) in [4.78, 5) is 4.67. The van der Waals surface area contributed by atoms with Gasteiger partial charge in [0.1, 0.15) is 11.6 Å². The first kappa shape index (κ1) is 14.2. The zero-order valence-corrected chi connectivity index (χ0v) is 13.2. The largest absolute Gasteiger partial charge is 0.506 e. The second kappa shape index (κ2) is 5.24. The van der Waals surface area contributed by atoms with Crippen molar-refractivity contribution in [2.75, 3.05) is 0 Å². The van der Waals surface area contributed by atoms with Gasteiger partial charge in [0.2, 0.25) is 0 Å². The van der Waals surface area contributed by atoms with Crippen LogP contribution in [0.4, 0.5) is 0 Å². The Balaban J connectivity index is 2.34. The van der Waals surface area contributed by atoms with E-state index in [9.17, 15) is 5.11 Å². The first-order chi connectivity index (χ1) is 9.99. The fraction of sp³-hybridized carbons (Fsp3) is 0.188. The van der Waals surface area contributed by atoms with Gasteiger partial charge in [-0.3, -0.25) is 0 Å². The smallest absolute Gasteiger partial charge is 0.141 e. The van der Waals surface area contributed by atoms with Crippen molar-refractivity contribution < 1.29 is 5.11 Å². The predicted octanol–water partition coefficient (Wildman–Crippen LogP) is 5.30. The molecule has 0 amide bonds. The summed E-state index contributed by atoms with van der Waals surface area (Å²) >= 11 is 12.3. The molecular formula is C16H14Cl2N2O. The van der Waals surface area contributed by atoms with Crippen LogP contribution in [0.5, 0.6) is 5.75 Å². The van der Waals surface area contributed by atoms with Crippen LogP contribution >= 0.6 is 23.2 Å². The van der Waals surface area contributed by atoms with Crippen LogP contribution < -0.4 is 0 Å². The van der Waals surface area contributed by atoms with Gasteiger partial charge >= 0.3 is 0 Å². The van der Waals surface area contributed by atoms with Crippen molar-refractivity contribution >= 4 is 34.2 Å². The number of aromatic hydroxyl groups is 1. The molecule has 0 saturated heterocycles. The van der Waals surface area contributed by atoms with Gasteiger partial charge < -0.3 is 9.67 Å². The third-order valence-electron chi connectivity index (χ3n) is 3.38. The highest BCUT2D eigenvalue weighted by molar-refractivity contribution is 6.35.